The standard InChI is InChI=1S/C26H31NO3.C13H19NO.C12H13NO3.I2/c28-24(13-8-19-17-21-5-1-2-6-22(21)18-19)14-15-25(29)20-9-11-23(12-10-20)27-16-4-3-7-26(27)30;14-9-13(15)6-5-10-7-11-3-1-2-4-12(11)8-10;14-11-3-1-2-8-13(11)10-6-4-9(5-7-10)12(15)16;1-2/h1-2,5-6,9-12,19,24,28H,3-4,7-8,13-18H2;1-4,10,13,15H,5-9,14H2;4-7H,1-3,8H2,(H,15,16);. The van der Waals surface area contributed by atoms with Gasteiger partial charge in [-0.25, -0.2) is 4.79 Å². The first kappa shape index (κ1) is 50.3. The molecule has 0 aromatic heterocycles. The number of aliphatic hydroxyl groups is 2. The molecule has 2 aliphatic heterocycles. The van der Waals surface area contributed by atoms with Crippen LogP contribution >= 0.6 is 37.2 Å². The van der Waals surface area contributed by atoms with Crippen LogP contribution in [0.1, 0.15) is 120 Å². The molecule has 63 heavy (non-hydrogen) atoms. The second-order valence-corrected chi connectivity index (χ2v) is 17.1. The van der Waals surface area contributed by atoms with E-state index < -0.39 is 12.1 Å². The van der Waals surface area contributed by atoms with Gasteiger partial charge in [-0.15, -0.1) is 0 Å². The second-order valence-electron chi connectivity index (χ2n) is 17.1. The van der Waals surface area contributed by atoms with Gasteiger partial charge in [-0.2, -0.15) is 0 Å². The molecule has 4 aromatic rings. The second kappa shape index (κ2) is 26.3. The molecule has 0 bridgehead atoms. The molecule has 2 aliphatic carbocycles. The number of benzene rings is 4. The molecular weight excluding hydrogens is 1020 g/mol. The number of fused-ring (bicyclic) bond motifs is 2. The predicted molar refractivity (Wildman–Crippen MR) is 268 cm³/mol. The Morgan fingerprint density at radius 2 is 0.984 bits per heavy atom. The summed E-state index contributed by atoms with van der Waals surface area (Å²) in [4.78, 5) is 50.4. The van der Waals surface area contributed by atoms with Gasteiger partial charge in [0, 0.05) is 93.1 Å². The molecule has 2 amide bonds. The number of anilines is 2. The number of carboxylic acid groups (broad SMARTS) is 1. The predicted octanol–water partition coefficient (Wildman–Crippen LogP) is 9.90. The molecular formula is C51H63I2N3O7. The monoisotopic (exact) mass is 1080 g/mol. The van der Waals surface area contributed by atoms with Crippen molar-refractivity contribution < 1.29 is 34.5 Å². The van der Waals surface area contributed by atoms with E-state index in [2.05, 4.69) is 85.8 Å². The number of aliphatic hydroxyl groups excluding tert-OH is 2. The molecule has 0 spiro atoms. The summed E-state index contributed by atoms with van der Waals surface area (Å²) in [5, 5.41) is 28.5. The normalized spacial score (nSPS) is 16.9. The molecule has 12 heteroatoms. The van der Waals surface area contributed by atoms with Gasteiger partial charge < -0.3 is 30.9 Å². The van der Waals surface area contributed by atoms with Crippen LogP contribution in [0.3, 0.4) is 0 Å². The number of nitrogens with two attached hydrogens (primary N) is 1. The Kier molecular flexibility index (Phi) is 21.0. The van der Waals surface area contributed by atoms with E-state index in [4.69, 9.17) is 10.8 Å². The zero-order valence-electron chi connectivity index (χ0n) is 36.2. The maximum Gasteiger partial charge on any atom is 0.335 e. The summed E-state index contributed by atoms with van der Waals surface area (Å²) < 4.78 is 0. The van der Waals surface area contributed by atoms with Crippen LogP contribution in [0.15, 0.2) is 97.1 Å². The van der Waals surface area contributed by atoms with Gasteiger partial charge in [-0.1, -0.05) is 48.5 Å². The number of carboxylic acids is 1. The van der Waals surface area contributed by atoms with Crippen LogP contribution in [0, 0.1) is 11.8 Å². The van der Waals surface area contributed by atoms with E-state index in [1.54, 1.807) is 17.0 Å². The maximum absolute atomic E-state index is 12.5. The number of amides is 2. The highest BCUT2D eigenvalue weighted by Gasteiger charge is 2.24. The molecule has 8 rings (SSSR count). The maximum atomic E-state index is 12.5. The number of ketones is 1. The summed E-state index contributed by atoms with van der Waals surface area (Å²) in [6.07, 6.45) is 13.5. The molecule has 0 saturated carbocycles. The Balaban J connectivity index is 0.000000191. The Hall–Kier alpha value is -3.70. The van der Waals surface area contributed by atoms with Gasteiger partial charge in [0.25, 0.3) is 0 Å². The highest BCUT2D eigenvalue weighted by Crippen LogP contribution is 2.31. The van der Waals surface area contributed by atoms with Crippen molar-refractivity contribution in [2.45, 2.75) is 115 Å². The summed E-state index contributed by atoms with van der Waals surface area (Å²) in [6.45, 7) is 1.87. The number of piperidine rings is 2. The molecule has 4 aromatic carbocycles. The van der Waals surface area contributed by atoms with Gasteiger partial charge in [-0.05, 0) is 166 Å². The fourth-order valence-corrected chi connectivity index (χ4v) is 9.04. The third kappa shape index (κ3) is 15.5. The topological polar surface area (TPSA) is 161 Å². The highest BCUT2D eigenvalue weighted by atomic mass is 128. The van der Waals surface area contributed by atoms with E-state index in [1.165, 1.54) is 47.2 Å². The van der Waals surface area contributed by atoms with Crippen LogP contribution in [0.2, 0.25) is 0 Å². The zero-order chi connectivity index (χ0) is 45.1. The van der Waals surface area contributed by atoms with Crippen molar-refractivity contribution in [3.8, 4) is 0 Å². The minimum Gasteiger partial charge on any atom is -0.478 e. The SMILES string of the molecule is II.NCC(O)CCC1Cc2ccccc2C1.O=C(CCC(O)CCC1Cc2ccccc2C1)c1ccc(N2CCCCC2=O)cc1.O=C(O)c1ccc(N2CCCCC2=O)cc1. The number of hydrogen-bond donors (Lipinski definition) is 4. The van der Waals surface area contributed by atoms with E-state index in [1.807, 2.05) is 29.2 Å². The number of Topliss-reactive ketones (excluding diaryl/α,β-unsaturated/α-hetero) is 1. The Bertz CT molecular complexity index is 2030. The Morgan fingerprint density at radius 3 is 1.37 bits per heavy atom. The van der Waals surface area contributed by atoms with Gasteiger partial charge in [0.05, 0.1) is 17.8 Å². The molecule has 4 aliphatic rings. The molecule has 2 saturated heterocycles. The Morgan fingerprint density at radius 1 is 0.587 bits per heavy atom. The van der Waals surface area contributed by atoms with E-state index >= 15 is 0 Å². The van der Waals surface area contributed by atoms with Crippen LogP contribution in [-0.4, -0.2) is 70.7 Å². The van der Waals surface area contributed by atoms with Crippen molar-refractivity contribution in [1.82, 2.24) is 0 Å². The average molecular weight is 1080 g/mol. The van der Waals surface area contributed by atoms with Gasteiger partial charge >= 0.3 is 5.97 Å². The number of aromatic carboxylic acids is 1. The molecule has 10 nitrogen and oxygen atoms in total. The summed E-state index contributed by atoms with van der Waals surface area (Å²) in [7, 11) is 0. The molecule has 2 fully saturated rings. The number of halogens is 2. The minimum absolute atomic E-state index is 0.0545. The fourth-order valence-electron chi connectivity index (χ4n) is 9.04. The third-order valence-electron chi connectivity index (χ3n) is 12.6. The van der Waals surface area contributed by atoms with E-state index in [-0.39, 0.29) is 29.3 Å². The summed E-state index contributed by atoms with van der Waals surface area (Å²) in [6, 6.07) is 31.0. The smallest absolute Gasteiger partial charge is 0.335 e. The van der Waals surface area contributed by atoms with Crippen molar-refractivity contribution in [3.63, 3.8) is 0 Å². The van der Waals surface area contributed by atoms with E-state index in [0.717, 1.165) is 88.7 Å². The van der Waals surface area contributed by atoms with Crippen LogP contribution in [0.25, 0.3) is 0 Å². The van der Waals surface area contributed by atoms with Crippen LogP contribution in [0.5, 0.6) is 0 Å². The zero-order valence-corrected chi connectivity index (χ0v) is 40.5. The number of carbonyl (C=O) groups is 4. The number of nitrogens with zero attached hydrogens (tertiary/aromatic N) is 2. The minimum atomic E-state index is -0.948. The third-order valence-corrected chi connectivity index (χ3v) is 12.6. The molecule has 2 unspecified atom stereocenters. The summed E-state index contributed by atoms with van der Waals surface area (Å²) >= 11 is 4.24. The largest absolute Gasteiger partial charge is 0.478 e. The van der Waals surface area contributed by atoms with E-state index in [9.17, 15) is 29.4 Å². The molecule has 5 N–H and O–H groups in total. The number of hydrogen-bond acceptors (Lipinski definition) is 7. The van der Waals surface area contributed by atoms with Crippen molar-refractivity contribution in [2.75, 3.05) is 29.4 Å². The van der Waals surface area contributed by atoms with Crippen LogP contribution < -0.4 is 15.5 Å². The highest BCUT2D eigenvalue weighted by molar-refractivity contribution is 15.0. The van der Waals surface area contributed by atoms with Gasteiger partial charge in [0.15, 0.2) is 5.78 Å². The number of carbonyl (C=O) groups excluding carboxylic acids is 3. The van der Waals surface area contributed by atoms with Crippen LogP contribution in [0.4, 0.5) is 11.4 Å². The summed E-state index contributed by atoms with van der Waals surface area (Å²) in [5.41, 5.74) is 13.8. The molecule has 2 atom stereocenters. The van der Waals surface area contributed by atoms with Gasteiger partial charge in [0.1, 0.15) is 0 Å². The first-order valence-electron chi connectivity index (χ1n) is 22.5. The quantitative estimate of drug-likeness (QED) is 0.0717. The Labute approximate surface area is 396 Å². The lowest BCUT2D eigenvalue weighted by Gasteiger charge is -2.26. The number of rotatable bonds is 14. The lowest BCUT2D eigenvalue weighted by atomic mass is 9.95. The molecule has 2 heterocycles. The van der Waals surface area contributed by atoms with Gasteiger partial charge in [0.2, 0.25) is 11.8 Å². The van der Waals surface area contributed by atoms with Crippen molar-refractivity contribution >= 4 is 72.2 Å². The average Bonchev–Trinajstić information content (AvgIpc) is 3.95. The lowest BCUT2D eigenvalue weighted by molar-refractivity contribution is -0.120. The first-order valence-corrected chi connectivity index (χ1v) is 28.8. The fraction of sp³-hybridized carbons (Fsp3) is 0.451. The lowest BCUT2D eigenvalue weighted by Crippen LogP contribution is -2.35. The van der Waals surface area contributed by atoms with Gasteiger partial charge in [-0.3, -0.25) is 14.4 Å². The van der Waals surface area contributed by atoms with Crippen molar-refractivity contribution in [3.05, 3.63) is 130 Å². The molecule has 338 valence electrons. The summed E-state index contributed by atoms with van der Waals surface area (Å²) in [5.74, 6) is 0.708. The van der Waals surface area contributed by atoms with E-state index in [0.29, 0.717) is 49.6 Å². The van der Waals surface area contributed by atoms with Crippen LogP contribution in [-0.2, 0) is 35.3 Å². The molecule has 0 radical (unpaired) electrons. The van der Waals surface area contributed by atoms with Crippen molar-refractivity contribution in [2.24, 2.45) is 17.6 Å². The first-order chi connectivity index (χ1) is 30.6. The van der Waals surface area contributed by atoms with Crippen molar-refractivity contribution in [1.29, 1.82) is 0 Å².